The van der Waals surface area contributed by atoms with Crippen molar-refractivity contribution in [3.05, 3.63) is 58.7 Å². The van der Waals surface area contributed by atoms with Crippen molar-refractivity contribution in [3.8, 4) is 0 Å². The largest absolute Gasteiger partial charge is 2.00 e. The molecular formula is C14H18Fe. The van der Waals surface area contributed by atoms with E-state index in [1.54, 1.807) is 0 Å². The van der Waals surface area contributed by atoms with Gasteiger partial charge in [-0.15, -0.1) is 0 Å². The van der Waals surface area contributed by atoms with Gasteiger partial charge in [0.1, 0.15) is 0 Å². The minimum Gasteiger partial charge on any atom is -0.214 e. The maximum atomic E-state index is 2.24. The molecule has 0 saturated heterocycles. The fourth-order valence-electron chi connectivity index (χ4n) is 1.45. The van der Waals surface area contributed by atoms with Gasteiger partial charge in [0.25, 0.3) is 0 Å². The SMILES string of the molecule is Cc1c[c-](C)c(C)c1C.[Fe+2].c1cc[cH-]c1. The predicted molar refractivity (Wildman–Crippen MR) is 63.0 cm³/mol. The van der Waals surface area contributed by atoms with E-state index in [-0.39, 0.29) is 17.1 Å². The molecule has 0 bridgehead atoms. The molecule has 2 aromatic carbocycles. The Labute approximate surface area is 104 Å². The van der Waals surface area contributed by atoms with Crippen LogP contribution in [0.3, 0.4) is 0 Å². The third-order valence-electron chi connectivity index (χ3n) is 2.73. The maximum Gasteiger partial charge on any atom is 2.00 e. The molecule has 15 heavy (non-hydrogen) atoms. The Hall–Kier alpha value is -0.781. The summed E-state index contributed by atoms with van der Waals surface area (Å²) in [6.45, 7) is 8.68. The van der Waals surface area contributed by atoms with Gasteiger partial charge in [-0.3, -0.25) is 0 Å². The van der Waals surface area contributed by atoms with Crippen molar-refractivity contribution in [2.24, 2.45) is 0 Å². The summed E-state index contributed by atoms with van der Waals surface area (Å²) in [5.74, 6) is 0. The van der Waals surface area contributed by atoms with Crippen LogP contribution in [0.2, 0.25) is 0 Å². The molecule has 0 amide bonds. The molecule has 0 aliphatic heterocycles. The van der Waals surface area contributed by atoms with E-state index < -0.39 is 0 Å². The van der Waals surface area contributed by atoms with E-state index in [4.69, 9.17) is 0 Å². The fourth-order valence-corrected chi connectivity index (χ4v) is 1.45. The molecule has 0 aliphatic carbocycles. The zero-order valence-corrected chi connectivity index (χ0v) is 10.9. The average molecular weight is 242 g/mol. The second kappa shape index (κ2) is 6.66. The molecule has 0 spiro atoms. The Morgan fingerprint density at radius 3 is 1.73 bits per heavy atom. The molecule has 0 N–H and O–H groups in total. The first kappa shape index (κ1) is 14.2. The van der Waals surface area contributed by atoms with Crippen molar-refractivity contribution >= 4 is 0 Å². The molecular weight excluding hydrogens is 224 g/mol. The molecule has 1 heteroatoms. The smallest absolute Gasteiger partial charge is 0.214 e. The summed E-state index contributed by atoms with van der Waals surface area (Å²) in [4.78, 5) is 0. The molecule has 82 valence electrons. The molecule has 0 atom stereocenters. The van der Waals surface area contributed by atoms with Crippen LogP contribution in [0.1, 0.15) is 22.3 Å². The van der Waals surface area contributed by atoms with Gasteiger partial charge in [-0.25, -0.2) is 12.1 Å². The molecule has 0 heterocycles. The summed E-state index contributed by atoms with van der Waals surface area (Å²) in [5, 5.41) is 0. The van der Waals surface area contributed by atoms with Gasteiger partial charge in [0.05, 0.1) is 0 Å². The number of hydrogen-bond donors (Lipinski definition) is 0. The monoisotopic (exact) mass is 242 g/mol. The molecule has 2 aromatic rings. The normalized spacial score (nSPS) is 8.80. The van der Waals surface area contributed by atoms with Crippen LogP contribution in [-0.2, 0) is 17.1 Å². The molecule has 0 nitrogen and oxygen atoms in total. The van der Waals surface area contributed by atoms with E-state index in [0.29, 0.717) is 0 Å². The maximum absolute atomic E-state index is 2.24. The van der Waals surface area contributed by atoms with Crippen LogP contribution < -0.4 is 0 Å². The van der Waals surface area contributed by atoms with Gasteiger partial charge in [-0.1, -0.05) is 27.7 Å². The van der Waals surface area contributed by atoms with Crippen LogP contribution >= 0.6 is 0 Å². The first-order chi connectivity index (χ1) is 6.63. The first-order valence-corrected chi connectivity index (χ1v) is 4.99. The summed E-state index contributed by atoms with van der Waals surface area (Å²) in [5.41, 5.74) is 5.75. The van der Waals surface area contributed by atoms with Gasteiger partial charge in [0, 0.05) is 0 Å². The summed E-state index contributed by atoms with van der Waals surface area (Å²) in [6, 6.07) is 12.2. The Kier molecular flexibility index (Phi) is 6.31. The van der Waals surface area contributed by atoms with Crippen LogP contribution in [0, 0.1) is 27.7 Å². The average Bonchev–Trinajstić information content (AvgIpc) is 2.78. The van der Waals surface area contributed by atoms with Gasteiger partial charge in [0.15, 0.2) is 0 Å². The zero-order valence-electron chi connectivity index (χ0n) is 9.82. The van der Waals surface area contributed by atoms with Crippen molar-refractivity contribution in [3.63, 3.8) is 0 Å². The van der Waals surface area contributed by atoms with Crippen molar-refractivity contribution in [2.45, 2.75) is 27.7 Å². The molecule has 0 saturated carbocycles. The molecule has 0 fully saturated rings. The topological polar surface area (TPSA) is 0 Å². The van der Waals surface area contributed by atoms with E-state index in [1.165, 1.54) is 22.3 Å². The van der Waals surface area contributed by atoms with Crippen LogP contribution in [0.5, 0.6) is 0 Å². The molecule has 0 aliphatic rings. The van der Waals surface area contributed by atoms with E-state index in [1.807, 2.05) is 30.3 Å². The van der Waals surface area contributed by atoms with Gasteiger partial charge < -0.3 is 0 Å². The summed E-state index contributed by atoms with van der Waals surface area (Å²) in [7, 11) is 0. The number of hydrogen-bond acceptors (Lipinski definition) is 0. The van der Waals surface area contributed by atoms with Crippen molar-refractivity contribution in [1.29, 1.82) is 0 Å². The van der Waals surface area contributed by atoms with Crippen molar-refractivity contribution < 1.29 is 17.1 Å². The van der Waals surface area contributed by atoms with E-state index in [9.17, 15) is 0 Å². The molecule has 0 aromatic heterocycles. The number of rotatable bonds is 0. The van der Waals surface area contributed by atoms with Gasteiger partial charge in [-0.05, 0) is 0 Å². The van der Waals surface area contributed by atoms with E-state index in [0.717, 1.165) is 0 Å². The van der Waals surface area contributed by atoms with E-state index in [2.05, 4.69) is 33.8 Å². The van der Waals surface area contributed by atoms with Crippen molar-refractivity contribution in [1.82, 2.24) is 0 Å². The first-order valence-electron chi connectivity index (χ1n) is 4.99. The minimum absolute atomic E-state index is 0. The standard InChI is InChI=1S/C9H13.C5H5.Fe/c1-6-5-7(2)9(4)8(6)3;1-2-4-5-3-1;/h5H,1-4H3;1-5H;/q2*-1;+2. The Morgan fingerprint density at radius 1 is 1.07 bits per heavy atom. The van der Waals surface area contributed by atoms with Gasteiger partial charge in [0.2, 0.25) is 0 Å². The Balaban J connectivity index is 0.000000280. The third kappa shape index (κ3) is 4.07. The molecule has 2 rings (SSSR count). The van der Waals surface area contributed by atoms with Crippen LogP contribution in [0.15, 0.2) is 36.4 Å². The summed E-state index contributed by atoms with van der Waals surface area (Å²) >= 11 is 0. The number of aryl methyl sites for hydroxylation is 2. The van der Waals surface area contributed by atoms with Crippen LogP contribution in [0.25, 0.3) is 0 Å². The Bertz CT molecular complexity index is 326. The molecule has 0 unspecified atom stereocenters. The zero-order chi connectivity index (χ0) is 10.6. The predicted octanol–water partition coefficient (Wildman–Crippen LogP) is 4.04. The summed E-state index contributed by atoms with van der Waals surface area (Å²) < 4.78 is 0. The second-order valence-corrected chi connectivity index (χ2v) is 3.72. The van der Waals surface area contributed by atoms with Crippen LogP contribution in [0.4, 0.5) is 0 Å². The quantitative estimate of drug-likeness (QED) is 0.483. The van der Waals surface area contributed by atoms with Crippen LogP contribution in [-0.4, -0.2) is 0 Å². The van der Waals surface area contributed by atoms with E-state index >= 15 is 0 Å². The third-order valence-corrected chi connectivity index (χ3v) is 2.73. The Morgan fingerprint density at radius 2 is 1.60 bits per heavy atom. The fraction of sp³-hybridized carbons (Fsp3) is 0.286. The van der Waals surface area contributed by atoms with Gasteiger partial charge >= 0.3 is 17.1 Å². The molecule has 0 radical (unpaired) electrons. The van der Waals surface area contributed by atoms with Gasteiger partial charge in [-0.2, -0.15) is 46.5 Å². The van der Waals surface area contributed by atoms with Crippen molar-refractivity contribution in [2.75, 3.05) is 0 Å². The minimum atomic E-state index is 0. The second-order valence-electron chi connectivity index (χ2n) is 3.72. The summed E-state index contributed by atoms with van der Waals surface area (Å²) in [6.07, 6.45) is 0.